The summed E-state index contributed by atoms with van der Waals surface area (Å²) in [4.78, 5) is 25.7. The molecule has 2 saturated carbocycles. The van der Waals surface area contributed by atoms with Crippen LogP contribution >= 0.6 is 0 Å². The number of carbonyl (C=O) groups is 2. The van der Waals surface area contributed by atoms with Gasteiger partial charge in [-0.3, -0.25) is 0 Å². The molecule has 2 atom stereocenters. The molecule has 4 rings (SSSR count). The van der Waals surface area contributed by atoms with Crippen molar-refractivity contribution in [2.45, 2.75) is 161 Å². The van der Waals surface area contributed by atoms with Crippen molar-refractivity contribution in [3.63, 3.8) is 0 Å². The molecule has 2 aromatic rings. The minimum atomic E-state index is -0.359. The van der Waals surface area contributed by atoms with E-state index in [4.69, 9.17) is 9.47 Å². The summed E-state index contributed by atoms with van der Waals surface area (Å²) >= 11 is 0. The van der Waals surface area contributed by atoms with Crippen LogP contribution in [0, 0.1) is 11.8 Å². The Morgan fingerprint density at radius 1 is 0.578 bits per heavy atom. The van der Waals surface area contributed by atoms with Crippen LogP contribution in [0.3, 0.4) is 0 Å². The molecule has 0 radical (unpaired) electrons. The summed E-state index contributed by atoms with van der Waals surface area (Å²) in [6, 6.07) is 16.1. The van der Waals surface area contributed by atoms with E-state index in [1.54, 1.807) is 0 Å². The molecule has 0 aromatic heterocycles. The van der Waals surface area contributed by atoms with Crippen LogP contribution < -0.4 is 0 Å². The zero-order valence-electron chi connectivity index (χ0n) is 28.7. The lowest BCUT2D eigenvalue weighted by molar-refractivity contribution is 0.00763. The number of benzene rings is 2. The highest BCUT2D eigenvalue weighted by atomic mass is 16.6. The molecule has 1 unspecified atom stereocenters. The van der Waals surface area contributed by atoms with E-state index < -0.39 is 0 Å². The molecule has 0 N–H and O–H groups in total. The van der Waals surface area contributed by atoms with Crippen molar-refractivity contribution < 1.29 is 19.1 Å². The predicted octanol–water partition coefficient (Wildman–Crippen LogP) is 11.6. The maximum Gasteiger partial charge on any atom is 0.338 e. The van der Waals surface area contributed by atoms with Gasteiger partial charge in [-0.1, -0.05) is 89.5 Å². The van der Waals surface area contributed by atoms with Crippen LogP contribution in [-0.4, -0.2) is 24.1 Å². The van der Waals surface area contributed by atoms with Crippen LogP contribution in [0.4, 0.5) is 0 Å². The van der Waals surface area contributed by atoms with Crippen molar-refractivity contribution in [3.05, 3.63) is 70.8 Å². The lowest BCUT2D eigenvalue weighted by Crippen LogP contribution is -2.23. The summed E-state index contributed by atoms with van der Waals surface area (Å²) in [5, 5.41) is 0. The molecule has 2 aliphatic rings. The van der Waals surface area contributed by atoms with Gasteiger partial charge in [0, 0.05) is 6.42 Å². The first kappa shape index (κ1) is 35.2. The van der Waals surface area contributed by atoms with Crippen molar-refractivity contribution in [2.75, 3.05) is 0 Å². The summed E-state index contributed by atoms with van der Waals surface area (Å²) in [7, 11) is 0. The van der Waals surface area contributed by atoms with Gasteiger partial charge in [-0.15, -0.1) is 0 Å². The third-order valence-electron chi connectivity index (χ3n) is 10.6. The normalized spacial score (nSPS) is 23.2. The Bertz CT molecular complexity index is 1050. The maximum atomic E-state index is 12.8. The van der Waals surface area contributed by atoms with Crippen molar-refractivity contribution in [3.8, 4) is 0 Å². The maximum absolute atomic E-state index is 12.8. The minimum Gasteiger partial charge on any atom is -0.459 e. The molecule has 2 aromatic carbocycles. The average Bonchev–Trinajstić information content (AvgIpc) is 3.05. The molecule has 4 nitrogen and oxygen atoms in total. The van der Waals surface area contributed by atoms with Gasteiger partial charge in [0.05, 0.1) is 11.1 Å². The molecule has 2 fully saturated rings. The van der Waals surface area contributed by atoms with Gasteiger partial charge in [0.1, 0.15) is 12.2 Å². The van der Waals surface area contributed by atoms with E-state index in [2.05, 4.69) is 38.1 Å². The molecule has 4 heteroatoms. The van der Waals surface area contributed by atoms with E-state index in [-0.39, 0.29) is 24.1 Å². The molecule has 2 aliphatic carbocycles. The van der Waals surface area contributed by atoms with Crippen LogP contribution in [0.1, 0.15) is 181 Å². The molecular formula is C41H60O4. The molecule has 0 heterocycles. The average molecular weight is 617 g/mol. The van der Waals surface area contributed by atoms with Crippen molar-refractivity contribution in [1.29, 1.82) is 0 Å². The second kappa shape index (κ2) is 18.5. The third-order valence-corrected chi connectivity index (χ3v) is 10.6. The second-order valence-electron chi connectivity index (χ2n) is 14.3. The quantitative estimate of drug-likeness (QED) is 0.139. The molecule has 45 heavy (non-hydrogen) atoms. The predicted molar refractivity (Wildman–Crippen MR) is 185 cm³/mol. The molecule has 0 amide bonds. The Morgan fingerprint density at radius 2 is 0.933 bits per heavy atom. The van der Waals surface area contributed by atoms with E-state index in [0.717, 1.165) is 11.8 Å². The monoisotopic (exact) mass is 616 g/mol. The van der Waals surface area contributed by atoms with Gasteiger partial charge in [-0.25, -0.2) is 9.59 Å². The Kier molecular flexibility index (Phi) is 14.5. The van der Waals surface area contributed by atoms with Gasteiger partial charge >= 0.3 is 11.9 Å². The van der Waals surface area contributed by atoms with Crippen LogP contribution in [-0.2, 0) is 9.47 Å². The van der Waals surface area contributed by atoms with E-state index in [9.17, 15) is 9.59 Å². The molecule has 0 aliphatic heterocycles. The fourth-order valence-electron chi connectivity index (χ4n) is 7.78. The molecule has 0 saturated heterocycles. The standard InChI is InChI=1S/C41H60O4/c1-5-7-9-11-32-13-17-34(18-14-32)36-21-25-38(26-22-36)40(42)44-30(3)29-31(4)45-41(43)39-27-23-37(24-28-39)35-19-15-33(16-20-35)12-10-8-6-2/h21-28,30-35H,5-20,29H2,1-4H3/t30-,31?,32?,33?,34?,35?/m1/s1. The van der Waals surface area contributed by atoms with E-state index >= 15 is 0 Å². The molecule has 0 bridgehead atoms. The summed E-state index contributed by atoms with van der Waals surface area (Å²) in [5.41, 5.74) is 3.83. The van der Waals surface area contributed by atoms with Crippen LogP contribution in [0.25, 0.3) is 0 Å². The van der Waals surface area contributed by atoms with Crippen molar-refractivity contribution in [1.82, 2.24) is 0 Å². The molecule has 248 valence electrons. The van der Waals surface area contributed by atoms with E-state index in [0.29, 0.717) is 29.4 Å². The van der Waals surface area contributed by atoms with Gasteiger partial charge in [0.2, 0.25) is 0 Å². The highest BCUT2D eigenvalue weighted by molar-refractivity contribution is 5.90. The van der Waals surface area contributed by atoms with Gasteiger partial charge in [-0.05, 0) is 124 Å². The summed E-state index contributed by atoms with van der Waals surface area (Å²) in [6.07, 6.45) is 20.8. The zero-order chi connectivity index (χ0) is 32.0. The van der Waals surface area contributed by atoms with Gasteiger partial charge < -0.3 is 9.47 Å². The highest BCUT2D eigenvalue weighted by Gasteiger charge is 2.24. The summed E-state index contributed by atoms with van der Waals surface area (Å²) in [5.74, 6) is 2.35. The number of unbranched alkanes of at least 4 members (excludes halogenated alkanes) is 4. The van der Waals surface area contributed by atoms with Crippen molar-refractivity contribution >= 4 is 11.9 Å². The number of carbonyl (C=O) groups excluding carboxylic acids is 2. The largest absolute Gasteiger partial charge is 0.459 e. The number of hydrogen-bond acceptors (Lipinski definition) is 4. The molecular weight excluding hydrogens is 556 g/mol. The minimum absolute atomic E-state index is 0.321. The Hall–Kier alpha value is -2.62. The van der Waals surface area contributed by atoms with Gasteiger partial charge in [0.25, 0.3) is 0 Å². The van der Waals surface area contributed by atoms with E-state index in [1.807, 2.05) is 38.1 Å². The van der Waals surface area contributed by atoms with Crippen LogP contribution in [0.15, 0.2) is 48.5 Å². The van der Waals surface area contributed by atoms with E-state index in [1.165, 1.54) is 114 Å². The van der Waals surface area contributed by atoms with Crippen LogP contribution in [0.5, 0.6) is 0 Å². The zero-order valence-corrected chi connectivity index (χ0v) is 28.7. The summed E-state index contributed by atoms with van der Waals surface area (Å²) in [6.45, 7) is 8.27. The number of hydrogen-bond donors (Lipinski definition) is 0. The van der Waals surface area contributed by atoms with Crippen LogP contribution in [0.2, 0.25) is 0 Å². The number of rotatable bonds is 16. The summed E-state index contributed by atoms with van der Waals surface area (Å²) < 4.78 is 11.5. The first-order chi connectivity index (χ1) is 21.9. The van der Waals surface area contributed by atoms with Gasteiger partial charge in [-0.2, -0.15) is 0 Å². The topological polar surface area (TPSA) is 52.6 Å². The Morgan fingerprint density at radius 3 is 1.27 bits per heavy atom. The first-order valence-electron chi connectivity index (χ1n) is 18.5. The molecule has 0 spiro atoms. The smallest absolute Gasteiger partial charge is 0.338 e. The first-order valence-corrected chi connectivity index (χ1v) is 18.5. The highest BCUT2D eigenvalue weighted by Crippen LogP contribution is 2.39. The van der Waals surface area contributed by atoms with Gasteiger partial charge in [0.15, 0.2) is 0 Å². The lowest BCUT2D eigenvalue weighted by atomic mass is 9.77. The Balaban J connectivity index is 1.16. The Labute approximate surface area is 274 Å². The number of ether oxygens (including phenoxy) is 2. The third kappa shape index (κ3) is 11.3. The fourth-order valence-corrected chi connectivity index (χ4v) is 7.78. The SMILES string of the molecule is CCCCCC1CCC(c2ccc(C(=O)OC(C)C[C@@H](C)OC(=O)c3ccc(C4CCC(CCCCC)CC4)cc3)cc2)CC1. The second-order valence-corrected chi connectivity index (χ2v) is 14.3. The number of esters is 2. The van der Waals surface area contributed by atoms with Crippen molar-refractivity contribution in [2.24, 2.45) is 11.8 Å². The fraction of sp³-hybridized carbons (Fsp3) is 0.659. The lowest BCUT2D eigenvalue weighted by Gasteiger charge is -2.29.